The highest BCUT2D eigenvalue weighted by atomic mass is 35.5. The summed E-state index contributed by atoms with van der Waals surface area (Å²) >= 11 is 6.00. The Morgan fingerprint density at radius 1 is 1.32 bits per heavy atom. The van der Waals surface area contributed by atoms with Crippen LogP contribution in [0.25, 0.3) is 0 Å². The number of carbonyl (C=O) groups excluding carboxylic acids is 1. The zero-order chi connectivity index (χ0) is 20.9. The number of hydrogen-bond acceptors (Lipinski definition) is 4. The fourth-order valence-electron chi connectivity index (χ4n) is 2.51. The predicted octanol–water partition coefficient (Wildman–Crippen LogP) is 3.22. The summed E-state index contributed by atoms with van der Waals surface area (Å²) in [5.41, 5.74) is 0.706. The quantitative estimate of drug-likeness (QED) is 0.657. The lowest BCUT2D eigenvalue weighted by molar-refractivity contribution is 0.0784. The molecule has 0 unspecified atom stereocenters. The molecule has 0 saturated heterocycles. The van der Waals surface area contributed by atoms with E-state index in [4.69, 9.17) is 16.3 Å². The number of ether oxygens (including phenoxy) is 1. The van der Waals surface area contributed by atoms with Crippen molar-refractivity contribution in [1.29, 1.82) is 0 Å². The van der Waals surface area contributed by atoms with Crippen LogP contribution in [0.1, 0.15) is 15.9 Å². The Labute approximate surface area is 168 Å². The number of halogens is 2. The smallest absolute Gasteiger partial charge is 0.253 e. The lowest BCUT2D eigenvalue weighted by atomic mass is 10.1. The molecule has 1 amide bonds. The van der Waals surface area contributed by atoms with Gasteiger partial charge in [0.15, 0.2) is 0 Å². The Morgan fingerprint density at radius 3 is 2.68 bits per heavy atom. The highest BCUT2D eigenvalue weighted by molar-refractivity contribution is 7.89. The lowest BCUT2D eigenvalue weighted by Gasteiger charge is -2.19. The van der Waals surface area contributed by atoms with Gasteiger partial charge in [0.1, 0.15) is 16.5 Å². The fraction of sp³-hybridized carbons (Fsp3) is 0.211. The molecule has 2 aromatic carbocycles. The number of sulfonamides is 1. The SMILES string of the molecule is C=CCNS(=O)(=O)c1cc(C(=O)N(C)Cc2cc(Cl)ccc2OC)ccc1F. The number of methoxy groups -OCH3 is 1. The second-order valence-electron chi connectivity index (χ2n) is 5.90. The van der Waals surface area contributed by atoms with Gasteiger partial charge in [0.05, 0.1) is 7.11 Å². The van der Waals surface area contributed by atoms with Crippen molar-refractivity contribution in [3.8, 4) is 5.75 Å². The molecule has 28 heavy (non-hydrogen) atoms. The molecule has 0 heterocycles. The summed E-state index contributed by atoms with van der Waals surface area (Å²) in [6.45, 7) is 3.51. The van der Waals surface area contributed by atoms with Gasteiger partial charge in [-0.25, -0.2) is 17.5 Å². The van der Waals surface area contributed by atoms with Crippen LogP contribution in [0, 0.1) is 5.82 Å². The van der Waals surface area contributed by atoms with Crippen molar-refractivity contribution in [3.05, 3.63) is 71.0 Å². The molecule has 0 saturated carbocycles. The third-order valence-electron chi connectivity index (χ3n) is 3.88. The van der Waals surface area contributed by atoms with Crippen LogP contribution in [0.3, 0.4) is 0 Å². The average Bonchev–Trinajstić information content (AvgIpc) is 2.66. The molecule has 6 nitrogen and oxygen atoms in total. The van der Waals surface area contributed by atoms with Gasteiger partial charge < -0.3 is 9.64 Å². The molecule has 0 atom stereocenters. The maximum atomic E-state index is 14.0. The number of hydrogen-bond donors (Lipinski definition) is 1. The average molecular weight is 427 g/mol. The molecule has 0 bridgehead atoms. The minimum absolute atomic E-state index is 0.0314. The van der Waals surface area contributed by atoms with Crippen LogP contribution < -0.4 is 9.46 Å². The Hall–Kier alpha value is -2.42. The molecule has 2 aromatic rings. The second-order valence-corrected chi connectivity index (χ2v) is 8.07. The minimum atomic E-state index is -4.11. The molecule has 150 valence electrons. The van der Waals surface area contributed by atoms with Gasteiger partial charge in [0.2, 0.25) is 10.0 Å². The maximum absolute atomic E-state index is 14.0. The molecule has 0 aliphatic carbocycles. The van der Waals surface area contributed by atoms with E-state index in [2.05, 4.69) is 11.3 Å². The molecule has 1 N–H and O–H groups in total. The van der Waals surface area contributed by atoms with Crippen molar-refractivity contribution >= 4 is 27.5 Å². The zero-order valence-electron chi connectivity index (χ0n) is 15.4. The van der Waals surface area contributed by atoms with Crippen molar-refractivity contribution in [2.45, 2.75) is 11.4 Å². The first-order valence-corrected chi connectivity index (χ1v) is 10.0. The molecule has 2 rings (SSSR count). The summed E-state index contributed by atoms with van der Waals surface area (Å²) in [6, 6.07) is 8.21. The van der Waals surface area contributed by atoms with E-state index in [0.29, 0.717) is 16.3 Å². The first-order chi connectivity index (χ1) is 13.2. The monoisotopic (exact) mass is 426 g/mol. The highest BCUT2D eigenvalue weighted by Gasteiger charge is 2.22. The molecule has 0 fully saturated rings. The normalized spacial score (nSPS) is 11.1. The molecule has 0 radical (unpaired) electrons. The number of nitrogens with zero attached hydrogens (tertiary/aromatic N) is 1. The van der Waals surface area contributed by atoms with Crippen molar-refractivity contribution < 1.29 is 22.3 Å². The van der Waals surface area contributed by atoms with Crippen LogP contribution in [0.4, 0.5) is 4.39 Å². The van der Waals surface area contributed by atoms with E-state index in [0.717, 1.165) is 12.1 Å². The second kappa shape index (κ2) is 9.18. The summed E-state index contributed by atoms with van der Waals surface area (Å²) in [5.74, 6) is -0.880. The molecule has 0 aliphatic rings. The van der Waals surface area contributed by atoms with Gasteiger partial charge >= 0.3 is 0 Å². The molecule has 0 aliphatic heterocycles. The summed E-state index contributed by atoms with van der Waals surface area (Å²) < 4.78 is 45.9. The summed E-state index contributed by atoms with van der Waals surface area (Å²) in [4.78, 5) is 13.5. The Kier molecular flexibility index (Phi) is 7.17. The first-order valence-electron chi connectivity index (χ1n) is 8.17. The lowest BCUT2D eigenvalue weighted by Crippen LogP contribution is -2.28. The van der Waals surface area contributed by atoms with E-state index in [9.17, 15) is 17.6 Å². The van der Waals surface area contributed by atoms with E-state index in [-0.39, 0.29) is 18.7 Å². The van der Waals surface area contributed by atoms with Crippen LogP contribution in [-0.2, 0) is 16.6 Å². The van der Waals surface area contributed by atoms with Crippen LogP contribution >= 0.6 is 11.6 Å². The standard InChI is InChI=1S/C19H20ClFN2O4S/c1-4-9-22-28(25,26)18-11-13(5-7-16(18)21)19(24)23(2)12-14-10-15(20)6-8-17(14)27-3/h4-8,10-11,22H,1,9,12H2,2-3H3. The molecular weight excluding hydrogens is 407 g/mol. The minimum Gasteiger partial charge on any atom is -0.496 e. The molecule has 0 spiro atoms. The van der Waals surface area contributed by atoms with Crippen molar-refractivity contribution in [1.82, 2.24) is 9.62 Å². The maximum Gasteiger partial charge on any atom is 0.253 e. The number of nitrogens with one attached hydrogen (secondary N) is 1. The van der Waals surface area contributed by atoms with E-state index in [1.54, 1.807) is 18.2 Å². The Balaban J connectivity index is 2.30. The summed E-state index contributed by atoms with van der Waals surface area (Å²) in [5, 5.41) is 0.486. The van der Waals surface area contributed by atoms with E-state index in [1.807, 2.05) is 0 Å². The third kappa shape index (κ3) is 5.09. The fourth-order valence-corrected chi connectivity index (χ4v) is 3.80. The summed E-state index contributed by atoms with van der Waals surface area (Å²) in [6.07, 6.45) is 1.33. The van der Waals surface area contributed by atoms with Gasteiger partial charge in [-0.3, -0.25) is 4.79 Å². The topological polar surface area (TPSA) is 75.7 Å². The number of rotatable bonds is 8. The number of benzene rings is 2. The van der Waals surface area contributed by atoms with E-state index in [1.165, 1.54) is 31.2 Å². The number of amides is 1. The van der Waals surface area contributed by atoms with Gasteiger partial charge in [-0.2, -0.15) is 0 Å². The van der Waals surface area contributed by atoms with Crippen LogP contribution in [0.5, 0.6) is 5.75 Å². The Morgan fingerprint density at radius 2 is 2.04 bits per heavy atom. The Bertz CT molecular complexity index is 995. The van der Waals surface area contributed by atoms with Crippen LogP contribution in [-0.4, -0.2) is 39.9 Å². The molecule has 0 aromatic heterocycles. The van der Waals surface area contributed by atoms with Gasteiger partial charge in [0, 0.05) is 36.3 Å². The summed E-state index contributed by atoms with van der Waals surface area (Å²) in [7, 11) is -1.07. The third-order valence-corrected chi connectivity index (χ3v) is 5.56. The van der Waals surface area contributed by atoms with Gasteiger partial charge in [-0.15, -0.1) is 6.58 Å². The number of carbonyl (C=O) groups is 1. The van der Waals surface area contributed by atoms with Crippen molar-refractivity contribution in [3.63, 3.8) is 0 Å². The van der Waals surface area contributed by atoms with E-state index >= 15 is 0 Å². The van der Waals surface area contributed by atoms with Gasteiger partial charge in [0.25, 0.3) is 5.91 Å². The van der Waals surface area contributed by atoms with Crippen LogP contribution in [0.2, 0.25) is 5.02 Å². The van der Waals surface area contributed by atoms with Crippen LogP contribution in [0.15, 0.2) is 53.9 Å². The predicted molar refractivity (Wildman–Crippen MR) is 106 cm³/mol. The van der Waals surface area contributed by atoms with E-state index < -0.39 is 26.6 Å². The highest BCUT2D eigenvalue weighted by Crippen LogP contribution is 2.25. The molecular formula is C19H20ClFN2O4S. The van der Waals surface area contributed by atoms with Crippen molar-refractivity contribution in [2.24, 2.45) is 0 Å². The largest absolute Gasteiger partial charge is 0.496 e. The van der Waals surface area contributed by atoms with Gasteiger partial charge in [-0.1, -0.05) is 17.7 Å². The van der Waals surface area contributed by atoms with Crippen molar-refractivity contribution in [2.75, 3.05) is 20.7 Å². The molecule has 9 heteroatoms. The van der Waals surface area contributed by atoms with Gasteiger partial charge in [-0.05, 0) is 36.4 Å². The zero-order valence-corrected chi connectivity index (χ0v) is 17.0. The first kappa shape index (κ1) is 21.9.